The molecule has 0 saturated carbocycles. The second kappa shape index (κ2) is 3.52. The third kappa shape index (κ3) is 2.15. The first kappa shape index (κ1) is 8.97. The van der Waals surface area contributed by atoms with Crippen molar-refractivity contribution in [3.05, 3.63) is 0 Å². The van der Waals surface area contributed by atoms with Gasteiger partial charge in [0.05, 0.1) is 18.8 Å². The molecule has 1 aliphatic rings. The van der Waals surface area contributed by atoms with Crippen molar-refractivity contribution in [1.82, 2.24) is 0 Å². The molecule has 3 N–H and O–H groups in total. The van der Waals surface area contributed by atoms with Crippen molar-refractivity contribution in [1.29, 1.82) is 0 Å². The number of hydrogen-bond acceptors (Lipinski definition) is 3. The molecule has 0 aromatic rings. The summed E-state index contributed by atoms with van der Waals surface area (Å²) in [6.45, 7) is 4.61. The lowest BCUT2D eigenvalue weighted by atomic mass is 9.94. The monoisotopic (exact) mass is 159 g/mol. The fraction of sp³-hybridized carbons (Fsp3) is 1.00. The molecule has 0 aliphatic carbocycles. The molecule has 0 aromatic carbocycles. The summed E-state index contributed by atoms with van der Waals surface area (Å²) >= 11 is 0. The Morgan fingerprint density at radius 3 is 2.64 bits per heavy atom. The van der Waals surface area contributed by atoms with E-state index in [2.05, 4.69) is 13.8 Å². The average Bonchev–Trinajstić information content (AvgIpc) is 1.94. The third-order valence-corrected chi connectivity index (χ3v) is 2.22. The van der Waals surface area contributed by atoms with E-state index in [9.17, 15) is 5.11 Å². The molecule has 66 valence electrons. The van der Waals surface area contributed by atoms with Crippen molar-refractivity contribution in [2.75, 3.05) is 6.61 Å². The van der Waals surface area contributed by atoms with Crippen LogP contribution in [0.15, 0.2) is 0 Å². The van der Waals surface area contributed by atoms with Crippen LogP contribution >= 0.6 is 0 Å². The fourth-order valence-corrected chi connectivity index (χ4v) is 1.30. The molecule has 1 aliphatic heterocycles. The maximum absolute atomic E-state index is 9.23. The summed E-state index contributed by atoms with van der Waals surface area (Å²) in [6.07, 6.45) is 0.539. The van der Waals surface area contributed by atoms with Gasteiger partial charge in [0.1, 0.15) is 0 Å². The minimum atomic E-state index is -0.468. The van der Waals surface area contributed by atoms with E-state index in [1.54, 1.807) is 0 Å². The van der Waals surface area contributed by atoms with Crippen molar-refractivity contribution >= 4 is 0 Å². The lowest BCUT2D eigenvalue weighted by molar-refractivity contribution is -0.0823. The highest BCUT2D eigenvalue weighted by Crippen LogP contribution is 2.18. The summed E-state index contributed by atoms with van der Waals surface area (Å²) in [5.41, 5.74) is 5.68. The highest BCUT2D eigenvalue weighted by atomic mass is 16.5. The van der Waals surface area contributed by atoms with Crippen LogP contribution in [0.1, 0.15) is 20.3 Å². The van der Waals surface area contributed by atoms with Gasteiger partial charge in [-0.25, -0.2) is 0 Å². The van der Waals surface area contributed by atoms with Gasteiger partial charge in [-0.1, -0.05) is 13.8 Å². The van der Waals surface area contributed by atoms with Gasteiger partial charge in [-0.2, -0.15) is 0 Å². The van der Waals surface area contributed by atoms with Gasteiger partial charge in [0.25, 0.3) is 0 Å². The van der Waals surface area contributed by atoms with E-state index < -0.39 is 6.10 Å². The van der Waals surface area contributed by atoms with Crippen LogP contribution in [0.5, 0.6) is 0 Å². The van der Waals surface area contributed by atoms with E-state index in [0.29, 0.717) is 12.5 Å². The summed E-state index contributed by atoms with van der Waals surface area (Å²) in [6, 6.07) is -0.101. The van der Waals surface area contributed by atoms with Gasteiger partial charge in [0.15, 0.2) is 0 Å². The molecule has 0 bridgehead atoms. The Morgan fingerprint density at radius 2 is 2.18 bits per heavy atom. The van der Waals surface area contributed by atoms with Crippen molar-refractivity contribution in [3.8, 4) is 0 Å². The summed E-state index contributed by atoms with van der Waals surface area (Å²) in [4.78, 5) is 0. The van der Waals surface area contributed by atoms with E-state index in [0.717, 1.165) is 6.42 Å². The zero-order chi connectivity index (χ0) is 8.43. The van der Waals surface area contributed by atoms with Crippen molar-refractivity contribution in [3.63, 3.8) is 0 Å². The summed E-state index contributed by atoms with van der Waals surface area (Å²) in [5.74, 6) is 0.494. The fourth-order valence-electron chi connectivity index (χ4n) is 1.30. The van der Waals surface area contributed by atoms with Crippen LogP contribution in [0.4, 0.5) is 0 Å². The van der Waals surface area contributed by atoms with Crippen LogP contribution < -0.4 is 5.73 Å². The molecular weight excluding hydrogens is 142 g/mol. The summed E-state index contributed by atoms with van der Waals surface area (Å²) < 4.78 is 5.39. The number of aliphatic hydroxyl groups excluding tert-OH is 1. The Kier molecular flexibility index (Phi) is 2.87. The second-order valence-electron chi connectivity index (χ2n) is 3.58. The number of rotatable bonds is 1. The van der Waals surface area contributed by atoms with Crippen LogP contribution in [0, 0.1) is 5.92 Å². The van der Waals surface area contributed by atoms with Crippen LogP contribution in [0.3, 0.4) is 0 Å². The predicted octanol–water partition coefficient (Wildman–Crippen LogP) is 0.120. The topological polar surface area (TPSA) is 55.5 Å². The van der Waals surface area contributed by atoms with E-state index >= 15 is 0 Å². The van der Waals surface area contributed by atoms with Gasteiger partial charge >= 0.3 is 0 Å². The molecule has 0 aromatic heterocycles. The zero-order valence-electron chi connectivity index (χ0n) is 7.16. The minimum Gasteiger partial charge on any atom is -0.389 e. The van der Waals surface area contributed by atoms with E-state index in [1.165, 1.54) is 0 Å². The molecule has 11 heavy (non-hydrogen) atoms. The van der Waals surface area contributed by atoms with Crippen molar-refractivity contribution in [2.45, 2.75) is 38.5 Å². The molecule has 3 heteroatoms. The van der Waals surface area contributed by atoms with Crippen molar-refractivity contribution in [2.24, 2.45) is 11.7 Å². The molecule has 1 rings (SSSR count). The third-order valence-electron chi connectivity index (χ3n) is 2.22. The van der Waals surface area contributed by atoms with Gasteiger partial charge in [-0.3, -0.25) is 0 Å². The maximum atomic E-state index is 9.23. The highest BCUT2D eigenvalue weighted by Gasteiger charge is 2.28. The molecule has 3 nitrogen and oxygen atoms in total. The van der Waals surface area contributed by atoms with Crippen LogP contribution in [0.2, 0.25) is 0 Å². The predicted molar refractivity (Wildman–Crippen MR) is 43.2 cm³/mol. The molecule has 0 unspecified atom stereocenters. The van der Waals surface area contributed by atoms with Gasteiger partial charge in [0.2, 0.25) is 0 Å². The van der Waals surface area contributed by atoms with E-state index in [1.807, 2.05) is 0 Å². The van der Waals surface area contributed by atoms with Crippen LogP contribution in [0.25, 0.3) is 0 Å². The molecule has 1 heterocycles. The maximum Gasteiger partial charge on any atom is 0.0925 e. The standard InChI is InChI=1S/C8H17NO2/c1-5(2)8-3-6(9)7(10)4-11-8/h5-8,10H,3-4,9H2,1-2H3/t6-,7-,8+/m1/s1. The number of ether oxygens (including phenoxy) is 1. The molecule has 1 saturated heterocycles. The number of nitrogens with two attached hydrogens (primary N) is 1. The average molecular weight is 159 g/mol. The summed E-state index contributed by atoms with van der Waals surface area (Å²) in [5, 5.41) is 9.23. The molecule has 1 fully saturated rings. The Hall–Kier alpha value is -0.120. The van der Waals surface area contributed by atoms with E-state index in [4.69, 9.17) is 10.5 Å². The quantitative estimate of drug-likeness (QED) is 0.571. The van der Waals surface area contributed by atoms with Crippen molar-refractivity contribution < 1.29 is 9.84 Å². The minimum absolute atomic E-state index is 0.101. The first-order chi connectivity index (χ1) is 5.11. The van der Waals surface area contributed by atoms with Gasteiger partial charge < -0.3 is 15.6 Å². The normalized spacial score (nSPS) is 39.5. The molecule has 0 spiro atoms. The van der Waals surface area contributed by atoms with Gasteiger partial charge in [-0.15, -0.1) is 0 Å². The molecule has 0 radical (unpaired) electrons. The SMILES string of the molecule is CC(C)[C@@H]1C[C@@H](N)[C@H](O)CO1. The summed E-state index contributed by atoms with van der Waals surface area (Å²) in [7, 11) is 0. The number of aliphatic hydroxyl groups is 1. The largest absolute Gasteiger partial charge is 0.389 e. The Balaban J connectivity index is 2.40. The van der Waals surface area contributed by atoms with Gasteiger partial charge in [-0.05, 0) is 12.3 Å². The first-order valence-corrected chi connectivity index (χ1v) is 4.16. The lowest BCUT2D eigenvalue weighted by Gasteiger charge is -2.33. The second-order valence-corrected chi connectivity index (χ2v) is 3.58. The molecular formula is C8H17NO2. The number of hydrogen-bond donors (Lipinski definition) is 2. The molecule has 3 atom stereocenters. The lowest BCUT2D eigenvalue weighted by Crippen LogP contribution is -2.47. The van der Waals surface area contributed by atoms with Crippen LogP contribution in [-0.2, 0) is 4.74 Å². The Morgan fingerprint density at radius 1 is 1.55 bits per heavy atom. The molecule has 0 amide bonds. The Bertz CT molecular complexity index is 127. The smallest absolute Gasteiger partial charge is 0.0925 e. The van der Waals surface area contributed by atoms with E-state index in [-0.39, 0.29) is 12.1 Å². The zero-order valence-corrected chi connectivity index (χ0v) is 7.16. The highest BCUT2D eigenvalue weighted by molar-refractivity contribution is 4.82. The Labute approximate surface area is 67.5 Å². The van der Waals surface area contributed by atoms with Gasteiger partial charge in [0, 0.05) is 6.04 Å². The van der Waals surface area contributed by atoms with Crippen LogP contribution in [-0.4, -0.2) is 30.0 Å². The first-order valence-electron chi connectivity index (χ1n) is 4.16.